The van der Waals surface area contributed by atoms with Gasteiger partial charge in [0.1, 0.15) is 11.0 Å². The molecule has 0 unspecified atom stereocenters. The molecule has 0 aromatic heterocycles. The highest BCUT2D eigenvalue weighted by Gasteiger charge is 2.63. The zero-order chi connectivity index (χ0) is 31.4. The van der Waals surface area contributed by atoms with Crippen LogP contribution in [-0.2, 0) is 11.0 Å². The van der Waals surface area contributed by atoms with E-state index in [-0.39, 0.29) is 18.7 Å². The summed E-state index contributed by atoms with van der Waals surface area (Å²) in [5.41, 5.74) is 2.76. The van der Waals surface area contributed by atoms with E-state index in [1.165, 1.54) is 98.9 Å². The van der Waals surface area contributed by atoms with Crippen molar-refractivity contribution in [1.29, 1.82) is 0 Å². The van der Waals surface area contributed by atoms with Gasteiger partial charge in [-0.05, 0) is 177 Å². The van der Waals surface area contributed by atoms with Crippen molar-refractivity contribution < 1.29 is 4.21 Å². The summed E-state index contributed by atoms with van der Waals surface area (Å²) >= 11 is 0. The number of rotatable bonds is 7. The standard InChI is InChI=1S/C42H54NOPS/c1-40(2,3)46(44)43(4)39(36-14-13-34-9-5-6-10-35(34)21-36)37-11-7-8-12-38(37)45(41-22-28-15-29(23-41)17-30(16-28)24-41)42-25-31-18-32(26-42)20-33(19-31)27-42/h5-14,21,28-33,39H,15-20,22-27H2,1-4H3/t28?,29?,30?,31?,32?,33?,39-,41?,42?,45?,46-/m1/s1. The summed E-state index contributed by atoms with van der Waals surface area (Å²) in [7, 11) is 0.620. The lowest BCUT2D eigenvalue weighted by atomic mass is 9.55. The van der Waals surface area contributed by atoms with E-state index in [1.54, 1.807) is 5.30 Å². The highest BCUT2D eigenvalue weighted by molar-refractivity contribution is 7.84. The second-order valence-electron chi connectivity index (χ2n) is 18.1. The SMILES string of the molecule is CN([C@H](c1ccc2ccccc2c1)c1ccccc1P(C12CC3CC(CC(C3)C1)C2)C12CC3CC(CC(C3)C1)C2)[S@](=O)C(C)(C)C. The summed E-state index contributed by atoms with van der Waals surface area (Å²) in [5, 5.41) is 5.27. The van der Waals surface area contributed by atoms with Gasteiger partial charge in [-0.1, -0.05) is 68.6 Å². The van der Waals surface area contributed by atoms with Crippen LogP contribution in [0.1, 0.15) is 115 Å². The van der Waals surface area contributed by atoms with Crippen molar-refractivity contribution in [3.05, 3.63) is 77.9 Å². The molecule has 3 aromatic rings. The van der Waals surface area contributed by atoms with Crippen molar-refractivity contribution in [3.8, 4) is 0 Å². The van der Waals surface area contributed by atoms with Crippen molar-refractivity contribution >= 4 is 35.0 Å². The van der Waals surface area contributed by atoms with Crippen LogP contribution in [0, 0.1) is 35.5 Å². The van der Waals surface area contributed by atoms with E-state index in [4.69, 9.17) is 0 Å². The summed E-state index contributed by atoms with van der Waals surface area (Å²) in [6.07, 6.45) is 18.0. The Kier molecular flexibility index (Phi) is 7.29. The summed E-state index contributed by atoms with van der Waals surface area (Å²) in [6.45, 7) is 6.42. The van der Waals surface area contributed by atoms with Crippen LogP contribution >= 0.6 is 7.92 Å². The maximum Gasteiger partial charge on any atom is 0.100 e. The maximum absolute atomic E-state index is 14.4. The fraction of sp³-hybridized carbons (Fsp3) is 0.619. The number of benzene rings is 3. The average Bonchev–Trinajstić information content (AvgIpc) is 2.99. The Balaban J connectivity index is 1.25. The minimum absolute atomic E-state index is 0.0336. The van der Waals surface area contributed by atoms with Gasteiger partial charge in [0.2, 0.25) is 0 Å². The van der Waals surface area contributed by atoms with Gasteiger partial charge in [-0.2, -0.15) is 0 Å². The lowest BCUT2D eigenvalue weighted by Gasteiger charge is -2.67. The first-order valence-electron chi connectivity index (χ1n) is 18.6. The normalized spacial score (nSPS) is 38.0. The molecule has 8 aliphatic rings. The molecule has 8 saturated carbocycles. The van der Waals surface area contributed by atoms with Gasteiger partial charge in [-0.25, -0.2) is 8.51 Å². The van der Waals surface area contributed by atoms with Crippen LogP contribution in [0.4, 0.5) is 0 Å². The zero-order valence-corrected chi connectivity index (χ0v) is 30.3. The van der Waals surface area contributed by atoms with Crippen LogP contribution in [0.5, 0.6) is 0 Å². The first-order valence-corrected chi connectivity index (χ1v) is 21.1. The number of hydrogen-bond acceptors (Lipinski definition) is 1. The fourth-order valence-corrected chi connectivity index (χ4v) is 19.8. The molecule has 244 valence electrons. The first kappa shape index (κ1) is 30.5. The van der Waals surface area contributed by atoms with Crippen LogP contribution in [0.3, 0.4) is 0 Å². The van der Waals surface area contributed by atoms with Gasteiger partial charge in [-0.15, -0.1) is 0 Å². The summed E-state index contributed by atoms with van der Waals surface area (Å²) in [6, 6.07) is 25.6. The maximum atomic E-state index is 14.4. The van der Waals surface area contributed by atoms with E-state index in [2.05, 4.69) is 98.9 Å². The average molecular weight is 652 g/mol. The monoisotopic (exact) mass is 651 g/mol. The van der Waals surface area contributed by atoms with Gasteiger partial charge in [0.05, 0.1) is 10.8 Å². The molecule has 0 heterocycles. The van der Waals surface area contributed by atoms with Crippen molar-refractivity contribution in [2.75, 3.05) is 7.05 Å². The lowest BCUT2D eigenvalue weighted by Crippen LogP contribution is -2.58. The van der Waals surface area contributed by atoms with E-state index in [1.807, 2.05) is 0 Å². The summed E-state index contributed by atoms with van der Waals surface area (Å²) in [5.74, 6) is 5.78. The molecular weight excluding hydrogens is 598 g/mol. The smallest absolute Gasteiger partial charge is 0.100 e. The van der Waals surface area contributed by atoms with Crippen LogP contribution in [0.2, 0.25) is 0 Å². The Morgan fingerprint density at radius 2 is 1.13 bits per heavy atom. The predicted molar refractivity (Wildman–Crippen MR) is 196 cm³/mol. The topological polar surface area (TPSA) is 20.3 Å². The summed E-state index contributed by atoms with van der Waals surface area (Å²) < 4.78 is 16.3. The number of fused-ring (bicyclic) bond motifs is 1. The molecular formula is C42H54NOPS. The molecule has 8 bridgehead atoms. The molecule has 0 radical (unpaired) electrons. The third-order valence-corrected chi connectivity index (χ3v) is 19.3. The quantitative estimate of drug-likeness (QED) is 0.233. The minimum Gasteiger partial charge on any atom is -0.242 e. The van der Waals surface area contributed by atoms with Crippen LogP contribution in [0.25, 0.3) is 10.8 Å². The van der Waals surface area contributed by atoms with E-state index in [9.17, 15) is 4.21 Å². The second kappa shape index (κ2) is 11.0. The highest BCUT2D eigenvalue weighted by Crippen LogP contribution is 2.78. The Labute approximate surface area is 281 Å². The number of nitrogens with zero attached hydrogens (tertiary/aromatic N) is 1. The Morgan fingerprint density at radius 1 is 0.674 bits per heavy atom. The molecule has 4 heteroatoms. The summed E-state index contributed by atoms with van der Waals surface area (Å²) in [4.78, 5) is 0. The third kappa shape index (κ3) is 4.95. The predicted octanol–water partition coefficient (Wildman–Crippen LogP) is 10.4. The molecule has 46 heavy (non-hydrogen) atoms. The van der Waals surface area contributed by atoms with E-state index < -0.39 is 11.0 Å². The lowest BCUT2D eigenvalue weighted by molar-refractivity contribution is 0.0195. The molecule has 0 N–H and O–H groups in total. The van der Waals surface area contributed by atoms with Crippen LogP contribution < -0.4 is 5.30 Å². The van der Waals surface area contributed by atoms with Crippen molar-refractivity contribution in [2.45, 2.75) is 119 Å². The van der Waals surface area contributed by atoms with Gasteiger partial charge >= 0.3 is 0 Å². The molecule has 0 amide bonds. The van der Waals surface area contributed by atoms with Gasteiger partial charge < -0.3 is 0 Å². The molecule has 2 nitrogen and oxygen atoms in total. The van der Waals surface area contributed by atoms with Crippen LogP contribution in [0.15, 0.2) is 66.7 Å². The van der Waals surface area contributed by atoms with Gasteiger partial charge in [0, 0.05) is 7.05 Å². The minimum atomic E-state index is -1.15. The Morgan fingerprint density at radius 3 is 1.63 bits per heavy atom. The fourth-order valence-electron chi connectivity index (χ4n) is 13.1. The van der Waals surface area contributed by atoms with Crippen LogP contribution in [-0.4, -0.2) is 30.6 Å². The van der Waals surface area contributed by atoms with E-state index in [0.717, 1.165) is 35.5 Å². The zero-order valence-electron chi connectivity index (χ0n) is 28.6. The van der Waals surface area contributed by atoms with Crippen molar-refractivity contribution in [2.24, 2.45) is 35.5 Å². The first-order chi connectivity index (χ1) is 22.1. The van der Waals surface area contributed by atoms with Gasteiger partial charge in [-0.3, -0.25) is 0 Å². The molecule has 0 saturated heterocycles. The highest BCUT2D eigenvalue weighted by atomic mass is 32.2. The van der Waals surface area contributed by atoms with Crippen molar-refractivity contribution in [3.63, 3.8) is 0 Å². The Bertz CT molecular complexity index is 1560. The molecule has 0 spiro atoms. The largest absolute Gasteiger partial charge is 0.242 e. The Hall–Kier alpha value is -1.54. The molecule has 8 fully saturated rings. The third-order valence-electron chi connectivity index (χ3n) is 13.7. The molecule has 8 aliphatic carbocycles. The molecule has 0 aliphatic heterocycles. The number of hydrogen-bond donors (Lipinski definition) is 0. The van der Waals surface area contributed by atoms with Gasteiger partial charge in [0.25, 0.3) is 0 Å². The molecule has 3 aromatic carbocycles. The molecule has 2 atom stereocenters. The molecule has 11 rings (SSSR count). The van der Waals surface area contributed by atoms with Gasteiger partial charge in [0.15, 0.2) is 0 Å². The second-order valence-corrected chi connectivity index (χ2v) is 23.4. The van der Waals surface area contributed by atoms with E-state index >= 15 is 0 Å². The van der Waals surface area contributed by atoms with E-state index in [0.29, 0.717) is 10.3 Å². The van der Waals surface area contributed by atoms with Crippen molar-refractivity contribution in [1.82, 2.24) is 4.31 Å².